The Bertz CT molecular complexity index is 1000. The molecule has 3 aromatic rings. The Labute approximate surface area is 162 Å². The van der Waals surface area contributed by atoms with E-state index in [9.17, 15) is 4.79 Å². The van der Waals surface area contributed by atoms with Gasteiger partial charge < -0.3 is 10.5 Å². The molecule has 0 atom stereocenters. The summed E-state index contributed by atoms with van der Waals surface area (Å²) in [4.78, 5) is 12.4. The molecule has 2 heterocycles. The normalized spacial score (nSPS) is 11.2. The van der Waals surface area contributed by atoms with Crippen molar-refractivity contribution in [3.05, 3.63) is 45.2 Å². The minimum atomic E-state index is -0.621. The Hall–Kier alpha value is -3.02. The maximum absolute atomic E-state index is 12.4. The van der Waals surface area contributed by atoms with Crippen LogP contribution in [0, 0.1) is 0 Å². The number of hydrazone groups is 1. The standard InChI is InChI=1S/C14H12Cl2N8O3/c1-26-6-10-11(19-23-24(10)13-12(17)21-27-22-13)14(25)20-18-5-7-2-3-8(15)4-9(7)16/h2-5H,6H2,1H3,(H2,17,21)(H,20,25)/b18-5-. The fourth-order valence-corrected chi connectivity index (χ4v) is 2.53. The van der Waals surface area contributed by atoms with Crippen LogP contribution >= 0.6 is 23.2 Å². The van der Waals surface area contributed by atoms with Crippen molar-refractivity contribution >= 4 is 41.1 Å². The highest BCUT2D eigenvalue weighted by Gasteiger charge is 2.23. The molecule has 0 unspecified atom stereocenters. The van der Waals surface area contributed by atoms with E-state index in [1.807, 2.05) is 0 Å². The molecular formula is C14H12Cl2N8O3. The molecule has 0 saturated carbocycles. The van der Waals surface area contributed by atoms with Crippen molar-refractivity contribution in [2.75, 3.05) is 12.8 Å². The summed E-state index contributed by atoms with van der Waals surface area (Å²) >= 11 is 11.9. The van der Waals surface area contributed by atoms with Crippen LogP contribution < -0.4 is 11.2 Å². The van der Waals surface area contributed by atoms with Crippen LogP contribution in [0.25, 0.3) is 5.82 Å². The van der Waals surface area contributed by atoms with Gasteiger partial charge >= 0.3 is 0 Å². The van der Waals surface area contributed by atoms with Gasteiger partial charge in [-0.1, -0.05) is 34.5 Å². The molecule has 0 saturated heterocycles. The second kappa shape index (κ2) is 8.12. The molecule has 3 N–H and O–H groups in total. The van der Waals surface area contributed by atoms with E-state index in [-0.39, 0.29) is 29.6 Å². The van der Waals surface area contributed by atoms with Gasteiger partial charge in [-0.15, -0.1) is 5.10 Å². The van der Waals surface area contributed by atoms with Gasteiger partial charge in [-0.25, -0.2) is 10.1 Å². The van der Waals surface area contributed by atoms with E-state index in [0.29, 0.717) is 15.6 Å². The topological polar surface area (TPSA) is 146 Å². The summed E-state index contributed by atoms with van der Waals surface area (Å²) in [5, 5.41) is 19.5. The third kappa shape index (κ3) is 4.05. The number of benzene rings is 1. The molecule has 0 aliphatic heterocycles. The highest BCUT2D eigenvalue weighted by molar-refractivity contribution is 6.36. The van der Waals surface area contributed by atoms with Crippen molar-refractivity contribution in [3.63, 3.8) is 0 Å². The first-order chi connectivity index (χ1) is 13.0. The van der Waals surface area contributed by atoms with Gasteiger partial charge in [0.1, 0.15) is 5.69 Å². The number of amides is 1. The van der Waals surface area contributed by atoms with Crippen molar-refractivity contribution in [3.8, 4) is 5.82 Å². The van der Waals surface area contributed by atoms with Crippen LogP contribution in [0.2, 0.25) is 10.0 Å². The van der Waals surface area contributed by atoms with E-state index >= 15 is 0 Å². The molecule has 0 radical (unpaired) electrons. The number of hydrogen-bond donors (Lipinski definition) is 2. The van der Waals surface area contributed by atoms with Gasteiger partial charge in [-0.3, -0.25) is 4.79 Å². The molecule has 0 aliphatic carbocycles. The summed E-state index contributed by atoms with van der Waals surface area (Å²) in [7, 11) is 1.45. The number of methoxy groups -OCH3 is 1. The van der Waals surface area contributed by atoms with Crippen LogP contribution in [-0.2, 0) is 11.3 Å². The Morgan fingerprint density at radius 2 is 2.26 bits per heavy atom. The molecule has 140 valence electrons. The lowest BCUT2D eigenvalue weighted by Gasteiger charge is -2.04. The monoisotopic (exact) mass is 410 g/mol. The summed E-state index contributed by atoms with van der Waals surface area (Å²) in [5.74, 6) is -0.547. The van der Waals surface area contributed by atoms with Gasteiger partial charge in [-0.05, 0) is 22.4 Å². The lowest BCUT2D eigenvalue weighted by Crippen LogP contribution is -2.20. The van der Waals surface area contributed by atoms with Crippen molar-refractivity contribution in [2.45, 2.75) is 6.61 Å². The van der Waals surface area contributed by atoms with Gasteiger partial charge in [0.05, 0.1) is 17.8 Å². The van der Waals surface area contributed by atoms with Crippen LogP contribution in [0.1, 0.15) is 21.7 Å². The van der Waals surface area contributed by atoms with Gasteiger partial charge in [0, 0.05) is 17.7 Å². The number of carbonyl (C=O) groups excluding carboxylic acids is 1. The Kier molecular flexibility index (Phi) is 5.64. The van der Waals surface area contributed by atoms with Gasteiger partial charge in [0.15, 0.2) is 5.69 Å². The molecule has 0 spiro atoms. The fourth-order valence-electron chi connectivity index (χ4n) is 2.07. The Morgan fingerprint density at radius 1 is 1.44 bits per heavy atom. The lowest BCUT2D eigenvalue weighted by atomic mass is 10.2. The molecule has 1 amide bonds. The zero-order valence-corrected chi connectivity index (χ0v) is 15.3. The zero-order chi connectivity index (χ0) is 19.4. The zero-order valence-electron chi connectivity index (χ0n) is 13.8. The van der Waals surface area contributed by atoms with Gasteiger partial charge in [0.2, 0.25) is 11.6 Å². The first-order valence-corrected chi connectivity index (χ1v) is 8.07. The number of aromatic nitrogens is 5. The smallest absolute Gasteiger partial charge is 0.293 e. The van der Waals surface area contributed by atoms with Crippen LogP contribution in [-0.4, -0.2) is 44.5 Å². The predicted octanol–water partition coefficient (Wildman–Crippen LogP) is 1.45. The molecule has 13 heteroatoms. The molecule has 0 bridgehead atoms. The first-order valence-electron chi connectivity index (χ1n) is 7.31. The van der Waals surface area contributed by atoms with Gasteiger partial charge in [-0.2, -0.15) is 9.78 Å². The molecule has 11 nitrogen and oxygen atoms in total. The second-order valence-corrected chi connectivity index (χ2v) is 5.91. The van der Waals surface area contributed by atoms with Crippen LogP contribution in [0.5, 0.6) is 0 Å². The van der Waals surface area contributed by atoms with E-state index in [1.165, 1.54) is 18.0 Å². The number of nitrogen functional groups attached to an aromatic ring is 1. The first kappa shape index (κ1) is 18.8. The SMILES string of the molecule is COCc1c(C(=O)N/N=C\c2ccc(Cl)cc2Cl)nnn1-c1nonc1N. The minimum absolute atomic E-state index is 0.00871. The summed E-state index contributed by atoms with van der Waals surface area (Å²) in [6.45, 7) is 0.00871. The van der Waals surface area contributed by atoms with Crippen LogP contribution in [0.15, 0.2) is 27.9 Å². The van der Waals surface area contributed by atoms with Crippen molar-refractivity contribution in [1.29, 1.82) is 0 Å². The molecule has 1 aromatic carbocycles. The fraction of sp³-hybridized carbons (Fsp3) is 0.143. The molecule has 2 aromatic heterocycles. The van der Waals surface area contributed by atoms with E-state index in [0.717, 1.165) is 0 Å². The molecular weight excluding hydrogens is 399 g/mol. The number of nitrogens with zero attached hydrogens (tertiary/aromatic N) is 6. The third-order valence-corrected chi connectivity index (χ3v) is 3.85. The number of halogens is 2. The number of nitrogens with one attached hydrogen (secondary N) is 1. The summed E-state index contributed by atoms with van der Waals surface area (Å²) in [5.41, 5.74) is 8.82. The Balaban J connectivity index is 1.81. The predicted molar refractivity (Wildman–Crippen MR) is 95.9 cm³/mol. The summed E-state index contributed by atoms with van der Waals surface area (Å²) in [6, 6.07) is 4.87. The quantitative estimate of drug-likeness (QED) is 0.458. The maximum Gasteiger partial charge on any atom is 0.293 e. The van der Waals surface area contributed by atoms with Crippen LogP contribution in [0.3, 0.4) is 0 Å². The molecule has 27 heavy (non-hydrogen) atoms. The summed E-state index contributed by atoms with van der Waals surface area (Å²) in [6.07, 6.45) is 1.37. The van der Waals surface area contributed by atoms with Gasteiger partial charge in [0.25, 0.3) is 5.91 Å². The maximum atomic E-state index is 12.4. The second-order valence-electron chi connectivity index (χ2n) is 5.07. The van der Waals surface area contributed by atoms with Crippen molar-refractivity contribution < 1.29 is 14.2 Å². The largest absolute Gasteiger partial charge is 0.378 e. The van der Waals surface area contributed by atoms with Crippen LogP contribution in [0.4, 0.5) is 5.82 Å². The average molecular weight is 411 g/mol. The number of anilines is 1. The lowest BCUT2D eigenvalue weighted by molar-refractivity contribution is 0.0944. The number of rotatable bonds is 6. The van der Waals surface area contributed by atoms with Crippen molar-refractivity contribution in [1.82, 2.24) is 30.7 Å². The van der Waals surface area contributed by atoms with E-state index < -0.39 is 5.91 Å². The molecule has 0 aliphatic rings. The third-order valence-electron chi connectivity index (χ3n) is 3.29. The highest BCUT2D eigenvalue weighted by Crippen LogP contribution is 2.19. The number of hydrogen-bond acceptors (Lipinski definition) is 9. The van der Waals surface area contributed by atoms with E-state index in [1.54, 1.807) is 18.2 Å². The average Bonchev–Trinajstić information content (AvgIpc) is 3.23. The minimum Gasteiger partial charge on any atom is -0.378 e. The number of ether oxygens (including phenoxy) is 1. The number of nitrogens with two attached hydrogens (primary N) is 1. The molecule has 3 rings (SSSR count). The van der Waals surface area contributed by atoms with Crippen molar-refractivity contribution in [2.24, 2.45) is 5.10 Å². The van der Waals surface area contributed by atoms with E-state index in [2.05, 4.69) is 35.8 Å². The highest BCUT2D eigenvalue weighted by atomic mass is 35.5. The molecule has 0 fully saturated rings. The number of carbonyl (C=O) groups is 1. The Morgan fingerprint density at radius 3 is 2.93 bits per heavy atom. The summed E-state index contributed by atoms with van der Waals surface area (Å²) < 4.78 is 10.8. The van der Waals surface area contributed by atoms with E-state index in [4.69, 9.17) is 33.7 Å².